The van der Waals surface area contributed by atoms with E-state index in [4.69, 9.17) is 18.9 Å². The van der Waals surface area contributed by atoms with E-state index in [9.17, 15) is 0 Å². The van der Waals surface area contributed by atoms with Crippen LogP contribution < -0.4 is 4.74 Å². The molecule has 2 aliphatic rings. The minimum absolute atomic E-state index is 0.0351. The Morgan fingerprint density at radius 1 is 0.700 bits per heavy atom. The van der Waals surface area contributed by atoms with Crippen molar-refractivity contribution in [1.29, 1.82) is 0 Å². The number of hydrogen-bond donors (Lipinski definition) is 0. The second-order valence-corrected chi connectivity index (χ2v) is 7.84. The minimum Gasteiger partial charge on any atom is -0.497 e. The second kappa shape index (κ2) is 8.60. The van der Waals surface area contributed by atoms with E-state index in [1.165, 1.54) is 16.7 Å². The number of fused-ring (bicyclic) bond motifs is 1. The molecule has 0 saturated carbocycles. The Morgan fingerprint density at radius 3 is 2.13 bits per heavy atom. The molecule has 0 spiro atoms. The van der Waals surface area contributed by atoms with Crippen LogP contribution in [0.1, 0.15) is 36.4 Å². The highest BCUT2D eigenvalue weighted by Gasteiger charge is 2.38. The molecule has 4 atom stereocenters. The number of benzene rings is 3. The summed E-state index contributed by atoms with van der Waals surface area (Å²) in [6.45, 7) is 0.542. The van der Waals surface area contributed by atoms with Gasteiger partial charge in [0, 0.05) is 5.56 Å². The van der Waals surface area contributed by atoms with Crippen molar-refractivity contribution in [2.75, 3.05) is 13.7 Å². The van der Waals surface area contributed by atoms with Crippen LogP contribution in [0.25, 0.3) is 11.1 Å². The molecule has 4 nitrogen and oxygen atoms in total. The molecule has 0 unspecified atom stereocenters. The molecule has 0 aromatic heterocycles. The summed E-state index contributed by atoms with van der Waals surface area (Å²) in [5.74, 6) is 0.828. The maximum atomic E-state index is 6.37. The maximum absolute atomic E-state index is 6.37. The smallest absolute Gasteiger partial charge is 0.184 e. The molecule has 4 heteroatoms. The molecule has 0 aliphatic carbocycles. The summed E-state index contributed by atoms with van der Waals surface area (Å²) in [6.07, 6.45) is 1.67. The van der Waals surface area contributed by atoms with Gasteiger partial charge in [0.15, 0.2) is 6.29 Å². The molecule has 0 amide bonds. The van der Waals surface area contributed by atoms with Crippen molar-refractivity contribution >= 4 is 0 Å². The number of rotatable bonds is 4. The standard InChI is InChI=1S/C26H26O4/c1-27-22-13-11-21(12-14-22)26-28-17-25-24(30-26)16-15-23(29-25)20-9-7-19(8-10-20)18-5-3-2-4-6-18/h2-14,23-26H,15-17H2,1H3/t23-,24+,25-,26-/m1/s1. The van der Waals surface area contributed by atoms with Gasteiger partial charge in [-0.05, 0) is 41.7 Å². The van der Waals surface area contributed by atoms with E-state index in [2.05, 4.69) is 48.5 Å². The van der Waals surface area contributed by atoms with E-state index in [1.54, 1.807) is 7.11 Å². The summed E-state index contributed by atoms with van der Waals surface area (Å²) in [7, 11) is 1.66. The van der Waals surface area contributed by atoms with E-state index in [0.717, 1.165) is 24.2 Å². The fourth-order valence-electron chi connectivity index (χ4n) is 4.25. The zero-order valence-corrected chi connectivity index (χ0v) is 17.1. The lowest BCUT2D eigenvalue weighted by Gasteiger charge is -2.42. The van der Waals surface area contributed by atoms with Crippen molar-refractivity contribution in [2.24, 2.45) is 0 Å². The fraction of sp³-hybridized carbons (Fsp3) is 0.308. The first-order chi connectivity index (χ1) is 14.8. The first kappa shape index (κ1) is 19.3. The quantitative estimate of drug-likeness (QED) is 0.561. The highest BCUT2D eigenvalue weighted by atomic mass is 16.7. The third-order valence-electron chi connectivity index (χ3n) is 5.95. The van der Waals surface area contributed by atoms with Crippen molar-refractivity contribution in [1.82, 2.24) is 0 Å². The lowest BCUT2D eigenvalue weighted by Crippen LogP contribution is -2.45. The molecule has 0 bridgehead atoms. The zero-order chi connectivity index (χ0) is 20.3. The van der Waals surface area contributed by atoms with Gasteiger partial charge in [-0.3, -0.25) is 0 Å². The van der Waals surface area contributed by atoms with Crippen LogP contribution in [0.5, 0.6) is 5.75 Å². The van der Waals surface area contributed by atoms with Gasteiger partial charge in [0.2, 0.25) is 0 Å². The van der Waals surface area contributed by atoms with Crippen LogP contribution in [0.3, 0.4) is 0 Å². The van der Waals surface area contributed by atoms with Gasteiger partial charge in [0.1, 0.15) is 11.9 Å². The lowest BCUT2D eigenvalue weighted by atomic mass is 9.94. The Labute approximate surface area is 177 Å². The summed E-state index contributed by atoms with van der Waals surface area (Å²) < 4.78 is 23.8. The molecule has 3 aromatic rings. The first-order valence-electron chi connectivity index (χ1n) is 10.5. The molecule has 0 radical (unpaired) electrons. The largest absolute Gasteiger partial charge is 0.497 e. The summed E-state index contributed by atoms with van der Waals surface area (Å²) in [5, 5.41) is 0. The van der Waals surface area contributed by atoms with Crippen molar-refractivity contribution in [3.8, 4) is 16.9 Å². The predicted molar refractivity (Wildman–Crippen MR) is 115 cm³/mol. The summed E-state index contributed by atoms with van der Waals surface area (Å²) in [6, 6.07) is 27.0. The Bertz CT molecular complexity index is 953. The topological polar surface area (TPSA) is 36.9 Å². The van der Waals surface area contributed by atoms with Crippen molar-refractivity contribution in [3.63, 3.8) is 0 Å². The average Bonchev–Trinajstić information content (AvgIpc) is 2.84. The van der Waals surface area contributed by atoms with Crippen molar-refractivity contribution in [2.45, 2.75) is 37.4 Å². The molecule has 30 heavy (non-hydrogen) atoms. The Kier molecular flexibility index (Phi) is 5.54. The van der Waals surface area contributed by atoms with Crippen molar-refractivity contribution < 1.29 is 18.9 Å². The highest BCUT2D eigenvalue weighted by molar-refractivity contribution is 5.63. The Hall–Kier alpha value is -2.66. The van der Waals surface area contributed by atoms with Crippen LogP contribution in [-0.4, -0.2) is 25.9 Å². The normalized spacial score (nSPS) is 26.0. The Morgan fingerprint density at radius 2 is 1.40 bits per heavy atom. The molecule has 3 aromatic carbocycles. The van der Waals surface area contributed by atoms with E-state index >= 15 is 0 Å². The molecule has 2 fully saturated rings. The summed E-state index contributed by atoms with van der Waals surface area (Å²) in [5.41, 5.74) is 4.67. The third-order valence-corrected chi connectivity index (χ3v) is 5.95. The van der Waals surface area contributed by atoms with E-state index < -0.39 is 0 Å². The second-order valence-electron chi connectivity index (χ2n) is 7.84. The first-order valence-corrected chi connectivity index (χ1v) is 10.5. The van der Waals surface area contributed by atoms with Gasteiger partial charge in [-0.1, -0.05) is 66.7 Å². The van der Waals surface area contributed by atoms with Crippen molar-refractivity contribution in [3.05, 3.63) is 90.0 Å². The number of ether oxygens (including phenoxy) is 4. The number of hydrogen-bond acceptors (Lipinski definition) is 4. The fourth-order valence-corrected chi connectivity index (χ4v) is 4.25. The van der Waals surface area contributed by atoms with Crippen LogP contribution in [-0.2, 0) is 14.2 Å². The molecule has 2 saturated heterocycles. The van der Waals surface area contributed by atoms with Gasteiger partial charge < -0.3 is 18.9 Å². The minimum atomic E-state index is -0.345. The third kappa shape index (κ3) is 3.99. The van der Waals surface area contributed by atoms with Gasteiger partial charge in [-0.15, -0.1) is 0 Å². The molecule has 154 valence electrons. The van der Waals surface area contributed by atoms with Crippen LogP contribution >= 0.6 is 0 Å². The van der Waals surface area contributed by atoms with Crippen LogP contribution in [0.2, 0.25) is 0 Å². The predicted octanol–water partition coefficient (Wildman–Crippen LogP) is 5.70. The molecular weight excluding hydrogens is 376 g/mol. The lowest BCUT2D eigenvalue weighted by molar-refractivity contribution is -0.289. The van der Waals surface area contributed by atoms with Gasteiger partial charge in [0.25, 0.3) is 0 Å². The molecule has 5 rings (SSSR count). The van der Waals surface area contributed by atoms with E-state index in [1.807, 2.05) is 30.3 Å². The summed E-state index contributed by atoms with van der Waals surface area (Å²) >= 11 is 0. The molecule has 2 aliphatic heterocycles. The summed E-state index contributed by atoms with van der Waals surface area (Å²) in [4.78, 5) is 0. The van der Waals surface area contributed by atoms with Gasteiger partial charge in [0.05, 0.1) is 25.9 Å². The zero-order valence-electron chi connectivity index (χ0n) is 17.1. The monoisotopic (exact) mass is 402 g/mol. The average molecular weight is 402 g/mol. The van der Waals surface area contributed by atoms with E-state index in [-0.39, 0.29) is 24.6 Å². The molecular formula is C26H26O4. The molecule has 0 N–H and O–H groups in total. The highest BCUT2D eigenvalue weighted by Crippen LogP contribution is 2.39. The van der Waals surface area contributed by atoms with Gasteiger partial charge in [-0.25, -0.2) is 0 Å². The maximum Gasteiger partial charge on any atom is 0.184 e. The van der Waals surface area contributed by atoms with E-state index in [0.29, 0.717) is 6.61 Å². The van der Waals surface area contributed by atoms with Crippen LogP contribution in [0.4, 0.5) is 0 Å². The van der Waals surface area contributed by atoms with Crippen LogP contribution in [0.15, 0.2) is 78.9 Å². The number of methoxy groups -OCH3 is 1. The SMILES string of the molecule is COc1ccc([C@@H]2OC[C@H]3O[C@@H](c4ccc(-c5ccccc5)cc4)CC[C@@H]3O2)cc1. The van der Waals surface area contributed by atoms with Gasteiger partial charge in [-0.2, -0.15) is 0 Å². The van der Waals surface area contributed by atoms with Crippen LogP contribution in [0, 0.1) is 0 Å². The Balaban J connectivity index is 1.22. The van der Waals surface area contributed by atoms with Gasteiger partial charge >= 0.3 is 0 Å². The molecule has 2 heterocycles.